The van der Waals surface area contributed by atoms with Gasteiger partial charge in [-0.3, -0.25) is 14.9 Å². The Kier molecular flexibility index (Phi) is 6.86. The molecule has 0 unspecified atom stereocenters. The molecule has 2 amide bonds. The van der Waals surface area contributed by atoms with E-state index in [1.54, 1.807) is 36.4 Å². The summed E-state index contributed by atoms with van der Waals surface area (Å²) in [5.74, 6) is -1.31. The van der Waals surface area contributed by atoms with Gasteiger partial charge in [0, 0.05) is 23.1 Å². The maximum Gasteiger partial charge on any atom is 0.335 e. The second kappa shape index (κ2) is 9.90. The van der Waals surface area contributed by atoms with Crippen LogP contribution in [0.3, 0.4) is 0 Å². The van der Waals surface area contributed by atoms with E-state index in [0.29, 0.717) is 22.7 Å². The summed E-state index contributed by atoms with van der Waals surface area (Å²) >= 11 is 5.32. The Hall–Kier alpha value is -4.44. The van der Waals surface area contributed by atoms with E-state index in [4.69, 9.17) is 21.7 Å². The number of nitrogens with zero attached hydrogens (tertiary/aromatic N) is 2. The zero-order valence-corrected chi connectivity index (χ0v) is 21.7. The van der Waals surface area contributed by atoms with E-state index in [9.17, 15) is 19.5 Å². The molecule has 1 saturated heterocycles. The summed E-state index contributed by atoms with van der Waals surface area (Å²) in [6.45, 7) is 5.59. The number of hydrogen-bond donors (Lipinski definition) is 2. The standard InChI is InChI=1S/C27H25N3O6S/c1-14-10-17(26(33)34)6-8-21(14)29-15(2)11-18(16(29)3)12-20-24(31)28-27(37)30(25(20)32)22-9-7-19(35-4)13-23(22)36-5/h6-13H,1-5H3,(H,33,34)(H,28,31,37)/b20-12+. The number of rotatable bonds is 6. The molecule has 2 heterocycles. The number of carboxylic acid groups (broad SMARTS) is 1. The van der Waals surface area contributed by atoms with Crippen LogP contribution in [-0.2, 0) is 9.59 Å². The second-order valence-electron chi connectivity index (χ2n) is 8.46. The molecule has 1 fully saturated rings. The highest BCUT2D eigenvalue weighted by atomic mass is 32.1. The highest BCUT2D eigenvalue weighted by molar-refractivity contribution is 7.80. The van der Waals surface area contributed by atoms with Crippen molar-refractivity contribution in [2.24, 2.45) is 0 Å². The molecular formula is C27H25N3O6S. The van der Waals surface area contributed by atoms with E-state index in [1.807, 2.05) is 31.4 Å². The fourth-order valence-corrected chi connectivity index (χ4v) is 4.62. The molecule has 9 nitrogen and oxygen atoms in total. The Balaban J connectivity index is 1.77. The van der Waals surface area contributed by atoms with Crippen LogP contribution in [0.2, 0.25) is 0 Å². The van der Waals surface area contributed by atoms with Crippen LogP contribution >= 0.6 is 12.2 Å². The fraction of sp³-hybridized carbons (Fsp3) is 0.185. The molecule has 2 aromatic carbocycles. The molecule has 0 radical (unpaired) electrons. The van der Waals surface area contributed by atoms with Crippen molar-refractivity contribution in [2.45, 2.75) is 20.8 Å². The normalized spacial score (nSPS) is 14.7. The Bertz CT molecular complexity index is 1500. The number of nitrogens with one attached hydrogen (secondary N) is 1. The first-order valence-corrected chi connectivity index (χ1v) is 11.6. The van der Waals surface area contributed by atoms with Crippen molar-refractivity contribution in [2.75, 3.05) is 19.1 Å². The van der Waals surface area contributed by atoms with Gasteiger partial charge in [0.05, 0.1) is 25.5 Å². The number of aromatic carboxylic acids is 1. The highest BCUT2D eigenvalue weighted by Gasteiger charge is 2.36. The summed E-state index contributed by atoms with van der Waals surface area (Å²) in [4.78, 5) is 39.0. The Morgan fingerprint density at radius 2 is 1.70 bits per heavy atom. The number of anilines is 1. The third kappa shape index (κ3) is 4.58. The van der Waals surface area contributed by atoms with Crippen LogP contribution in [0.15, 0.2) is 48.0 Å². The summed E-state index contributed by atoms with van der Waals surface area (Å²) in [6, 6.07) is 11.7. The number of carbonyl (C=O) groups excluding carboxylic acids is 2. The number of amides is 2. The molecule has 0 saturated carbocycles. The van der Waals surface area contributed by atoms with Crippen LogP contribution in [0.25, 0.3) is 11.8 Å². The van der Waals surface area contributed by atoms with Crippen LogP contribution in [0.1, 0.15) is 32.9 Å². The van der Waals surface area contributed by atoms with E-state index in [-0.39, 0.29) is 16.2 Å². The molecule has 0 aliphatic carbocycles. The van der Waals surface area contributed by atoms with E-state index in [2.05, 4.69) is 5.32 Å². The zero-order valence-electron chi connectivity index (χ0n) is 20.9. The predicted molar refractivity (Wildman–Crippen MR) is 143 cm³/mol. The van der Waals surface area contributed by atoms with Crippen molar-refractivity contribution in [3.8, 4) is 17.2 Å². The van der Waals surface area contributed by atoms with Gasteiger partial charge in [-0.05, 0) is 86.6 Å². The molecule has 190 valence electrons. The van der Waals surface area contributed by atoms with Crippen molar-refractivity contribution in [3.63, 3.8) is 0 Å². The summed E-state index contributed by atoms with van der Waals surface area (Å²) in [6.07, 6.45) is 1.53. The van der Waals surface area contributed by atoms with Gasteiger partial charge in [-0.1, -0.05) is 0 Å². The minimum atomic E-state index is -1.00. The lowest BCUT2D eigenvalue weighted by molar-refractivity contribution is -0.122. The number of aryl methyl sites for hydroxylation is 2. The summed E-state index contributed by atoms with van der Waals surface area (Å²) < 4.78 is 12.6. The van der Waals surface area contributed by atoms with E-state index < -0.39 is 17.8 Å². The maximum atomic E-state index is 13.6. The molecule has 2 N–H and O–H groups in total. The molecule has 3 aromatic rings. The lowest BCUT2D eigenvalue weighted by Gasteiger charge is -2.30. The number of aromatic nitrogens is 1. The number of carboxylic acids is 1. The number of benzene rings is 2. The van der Waals surface area contributed by atoms with Crippen molar-refractivity contribution in [1.82, 2.24) is 9.88 Å². The molecule has 1 aliphatic rings. The Morgan fingerprint density at radius 1 is 1.00 bits per heavy atom. The molecule has 0 atom stereocenters. The summed E-state index contributed by atoms with van der Waals surface area (Å²) in [5.41, 5.74) is 4.33. The third-order valence-electron chi connectivity index (χ3n) is 6.18. The third-order valence-corrected chi connectivity index (χ3v) is 6.47. The van der Waals surface area contributed by atoms with E-state index >= 15 is 0 Å². The van der Waals surface area contributed by atoms with Gasteiger partial charge >= 0.3 is 5.97 Å². The molecule has 1 aromatic heterocycles. The van der Waals surface area contributed by atoms with Crippen molar-refractivity contribution in [1.29, 1.82) is 0 Å². The van der Waals surface area contributed by atoms with E-state index in [1.165, 1.54) is 25.2 Å². The lowest BCUT2D eigenvalue weighted by atomic mass is 10.1. The second-order valence-corrected chi connectivity index (χ2v) is 8.85. The van der Waals surface area contributed by atoms with Crippen molar-refractivity contribution >= 4 is 46.9 Å². The largest absolute Gasteiger partial charge is 0.497 e. The quantitative estimate of drug-likeness (QED) is 0.288. The molecular weight excluding hydrogens is 494 g/mol. The van der Waals surface area contributed by atoms with Crippen LogP contribution in [-0.4, -0.2) is 46.8 Å². The van der Waals surface area contributed by atoms with Gasteiger partial charge in [0.15, 0.2) is 5.11 Å². The Morgan fingerprint density at radius 3 is 2.32 bits per heavy atom. The predicted octanol–water partition coefficient (Wildman–Crippen LogP) is 3.95. The number of methoxy groups -OCH3 is 2. The van der Waals surface area contributed by atoms with Crippen LogP contribution < -0.4 is 19.7 Å². The van der Waals surface area contributed by atoms with E-state index in [0.717, 1.165) is 22.6 Å². The number of ether oxygens (including phenoxy) is 2. The van der Waals surface area contributed by atoms with Crippen LogP contribution in [0.4, 0.5) is 5.69 Å². The Labute approximate surface area is 218 Å². The molecule has 1 aliphatic heterocycles. The fourth-order valence-electron chi connectivity index (χ4n) is 4.35. The topological polar surface area (TPSA) is 110 Å². The molecule has 0 spiro atoms. The van der Waals surface area contributed by atoms with Gasteiger partial charge in [-0.15, -0.1) is 0 Å². The van der Waals surface area contributed by atoms with Gasteiger partial charge in [0.25, 0.3) is 11.8 Å². The van der Waals surface area contributed by atoms with Gasteiger partial charge in [-0.25, -0.2) is 9.69 Å². The van der Waals surface area contributed by atoms with Gasteiger partial charge in [0.1, 0.15) is 17.1 Å². The smallest absolute Gasteiger partial charge is 0.335 e. The molecule has 4 rings (SSSR count). The number of hydrogen-bond acceptors (Lipinski definition) is 6. The van der Waals surface area contributed by atoms with Crippen LogP contribution in [0, 0.1) is 20.8 Å². The zero-order chi connectivity index (χ0) is 27.0. The van der Waals surface area contributed by atoms with Gasteiger partial charge in [0.2, 0.25) is 0 Å². The first-order chi connectivity index (χ1) is 17.6. The molecule has 37 heavy (non-hydrogen) atoms. The monoisotopic (exact) mass is 519 g/mol. The molecule has 10 heteroatoms. The summed E-state index contributed by atoms with van der Waals surface area (Å²) in [5, 5.41) is 11.8. The van der Waals surface area contributed by atoms with Crippen LogP contribution in [0.5, 0.6) is 11.5 Å². The minimum absolute atomic E-state index is 0.0600. The maximum absolute atomic E-state index is 13.6. The number of thiocarbonyl (C=S) groups is 1. The highest BCUT2D eigenvalue weighted by Crippen LogP contribution is 2.35. The SMILES string of the molecule is COc1ccc(N2C(=O)/C(=C/c3cc(C)n(-c4ccc(C(=O)O)cc4C)c3C)C(=O)NC2=S)c(OC)c1. The first kappa shape index (κ1) is 25.6. The average molecular weight is 520 g/mol. The minimum Gasteiger partial charge on any atom is -0.497 e. The summed E-state index contributed by atoms with van der Waals surface area (Å²) in [7, 11) is 2.98. The van der Waals surface area contributed by atoms with Crippen molar-refractivity contribution in [3.05, 3.63) is 76.1 Å². The van der Waals surface area contributed by atoms with Gasteiger partial charge in [-0.2, -0.15) is 0 Å². The average Bonchev–Trinajstić information content (AvgIpc) is 3.14. The lowest BCUT2D eigenvalue weighted by Crippen LogP contribution is -2.54. The van der Waals surface area contributed by atoms with Crippen molar-refractivity contribution < 1.29 is 29.0 Å². The number of carbonyl (C=O) groups is 3. The molecule has 0 bridgehead atoms. The first-order valence-electron chi connectivity index (χ1n) is 11.2. The van der Waals surface area contributed by atoms with Gasteiger partial charge < -0.3 is 19.1 Å².